The highest BCUT2D eigenvalue weighted by molar-refractivity contribution is 6.99. The largest absolute Gasteiger partial charge is 0.458 e. The van der Waals surface area contributed by atoms with Gasteiger partial charge < -0.3 is 13.7 Å². The summed E-state index contributed by atoms with van der Waals surface area (Å²) in [5.41, 5.74) is 11.6. The molecular weight excluding hydrogens is 489 g/mol. The Hall–Kier alpha value is -5.22. The third kappa shape index (κ3) is 2.51. The molecule has 0 fully saturated rings. The minimum atomic E-state index is 0.113. The Balaban J connectivity index is 1.20. The topological polar surface area (TPSA) is 27.3 Å². The average molecular weight is 509 g/mol. The highest BCUT2D eigenvalue weighted by Gasteiger charge is 2.40. The number of rotatable bonds is 1. The van der Waals surface area contributed by atoms with Gasteiger partial charge in [-0.05, 0) is 76.0 Å². The summed E-state index contributed by atoms with van der Waals surface area (Å²) in [4.78, 5) is 0. The Morgan fingerprint density at radius 1 is 0.525 bits per heavy atom. The first-order chi connectivity index (χ1) is 19.8. The zero-order valence-corrected chi connectivity index (χ0v) is 21.4. The summed E-state index contributed by atoms with van der Waals surface area (Å²) in [7, 11) is 0. The molecule has 4 heteroatoms. The van der Waals surface area contributed by atoms with Gasteiger partial charge in [-0.25, -0.2) is 0 Å². The van der Waals surface area contributed by atoms with E-state index < -0.39 is 0 Å². The first-order valence-corrected chi connectivity index (χ1v) is 13.7. The number of fused-ring (bicyclic) bond motifs is 11. The summed E-state index contributed by atoms with van der Waals surface area (Å²) < 4.78 is 15.3. The van der Waals surface area contributed by atoms with Crippen LogP contribution in [0.3, 0.4) is 0 Å². The normalized spacial score (nSPS) is 13.2. The maximum absolute atomic E-state index is 6.72. The van der Waals surface area contributed by atoms with Gasteiger partial charge in [0.05, 0.1) is 11.0 Å². The smallest absolute Gasteiger partial charge is 0.256 e. The van der Waals surface area contributed by atoms with Crippen molar-refractivity contribution >= 4 is 66.8 Å². The molecule has 0 radical (unpaired) electrons. The van der Waals surface area contributed by atoms with Crippen LogP contribution in [0.1, 0.15) is 0 Å². The standard InChI is InChI=1S/C36H20BNO2/c1-4-10-29-23(7-1)26-16-18-32-35-36(26)38(29)30-11-5-3-9-27(30)37(35)28-17-14-22(20-34(28)40-32)21-13-15-25-24-8-2-6-12-31(24)39-33(25)19-21/h1-20H. The first-order valence-electron chi connectivity index (χ1n) is 13.7. The fraction of sp³-hybridized carbons (Fsp3) is 0. The van der Waals surface area contributed by atoms with Gasteiger partial charge in [0, 0.05) is 27.2 Å². The summed E-state index contributed by atoms with van der Waals surface area (Å²) in [6.45, 7) is 0.113. The van der Waals surface area contributed by atoms with E-state index in [0.717, 1.165) is 44.6 Å². The van der Waals surface area contributed by atoms with Gasteiger partial charge in [-0.15, -0.1) is 0 Å². The van der Waals surface area contributed by atoms with Gasteiger partial charge in [-0.2, -0.15) is 0 Å². The van der Waals surface area contributed by atoms with Crippen molar-refractivity contribution in [3.63, 3.8) is 0 Å². The summed E-state index contributed by atoms with van der Waals surface area (Å²) in [6.07, 6.45) is 0. The molecule has 0 aliphatic carbocycles. The molecule has 0 saturated heterocycles. The molecule has 184 valence electrons. The molecule has 2 aliphatic heterocycles. The molecule has 40 heavy (non-hydrogen) atoms. The Kier molecular flexibility index (Phi) is 3.75. The van der Waals surface area contributed by atoms with Crippen LogP contribution in [0.4, 0.5) is 0 Å². The maximum atomic E-state index is 6.72. The number of para-hydroxylation sites is 3. The zero-order valence-electron chi connectivity index (χ0n) is 21.4. The minimum Gasteiger partial charge on any atom is -0.458 e. The second kappa shape index (κ2) is 7.25. The predicted molar refractivity (Wildman–Crippen MR) is 165 cm³/mol. The fourth-order valence-electron chi connectivity index (χ4n) is 7.16. The van der Waals surface area contributed by atoms with Crippen LogP contribution in [-0.2, 0) is 0 Å². The van der Waals surface area contributed by atoms with E-state index in [4.69, 9.17) is 9.15 Å². The summed E-state index contributed by atoms with van der Waals surface area (Å²) in [5.74, 6) is 1.85. The number of benzene rings is 6. The van der Waals surface area contributed by atoms with Crippen LogP contribution in [0.25, 0.3) is 60.6 Å². The van der Waals surface area contributed by atoms with Crippen molar-refractivity contribution in [2.45, 2.75) is 0 Å². The molecule has 2 aliphatic rings. The third-order valence-corrected chi connectivity index (χ3v) is 8.87. The molecule has 4 heterocycles. The maximum Gasteiger partial charge on any atom is 0.256 e. The molecule has 3 nitrogen and oxygen atoms in total. The van der Waals surface area contributed by atoms with Crippen LogP contribution >= 0.6 is 0 Å². The lowest BCUT2D eigenvalue weighted by atomic mass is 9.34. The Labute approximate surface area is 229 Å². The lowest BCUT2D eigenvalue weighted by Crippen LogP contribution is -2.58. The van der Waals surface area contributed by atoms with Crippen molar-refractivity contribution in [1.29, 1.82) is 0 Å². The fourth-order valence-corrected chi connectivity index (χ4v) is 7.16. The number of aromatic nitrogens is 1. The second-order valence-corrected chi connectivity index (χ2v) is 10.9. The van der Waals surface area contributed by atoms with E-state index in [-0.39, 0.29) is 6.71 Å². The highest BCUT2D eigenvalue weighted by Crippen LogP contribution is 2.39. The van der Waals surface area contributed by atoms with Crippen molar-refractivity contribution < 1.29 is 9.15 Å². The van der Waals surface area contributed by atoms with Crippen molar-refractivity contribution in [3.8, 4) is 28.3 Å². The van der Waals surface area contributed by atoms with Gasteiger partial charge in [-0.3, -0.25) is 0 Å². The van der Waals surface area contributed by atoms with E-state index >= 15 is 0 Å². The average Bonchev–Trinajstić information content (AvgIpc) is 3.55. The van der Waals surface area contributed by atoms with Gasteiger partial charge in [0.1, 0.15) is 22.7 Å². The molecule has 10 rings (SSSR count). The molecule has 0 N–H and O–H groups in total. The van der Waals surface area contributed by atoms with E-state index in [0.29, 0.717) is 0 Å². The van der Waals surface area contributed by atoms with E-state index in [1.54, 1.807) is 0 Å². The Bertz CT molecular complexity index is 2380. The van der Waals surface area contributed by atoms with E-state index in [1.807, 2.05) is 12.1 Å². The van der Waals surface area contributed by atoms with Crippen molar-refractivity contribution in [2.75, 3.05) is 0 Å². The van der Waals surface area contributed by atoms with Gasteiger partial charge in [0.2, 0.25) is 0 Å². The van der Waals surface area contributed by atoms with Crippen LogP contribution in [-0.4, -0.2) is 11.3 Å². The number of hydrogen-bond acceptors (Lipinski definition) is 2. The highest BCUT2D eigenvalue weighted by atomic mass is 16.5. The molecule has 2 aromatic heterocycles. The van der Waals surface area contributed by atoms with Crippen molar-refractivity contribution in [3.05, 3.63) is 121 Å². The van der Waals surface area contributed by atoms with Gasteiger partial charge in [-0.1, -0.05) is 72.8 Å². The Morgan fingerprint density at radius 2 is 1.27 bits per heavy atom. The molecule has 0 spiro atoms. The monoisotopic (exact) mass is 509 g/mol. The number of furan rings is 1. The van der Waals surface area contributed by atoms with Gasteiger partial charge >= 0.3 is 0 Å². The number of hydrogen-bond donors (Lipinski definition) is 0. The molecule has 0 atom stereocenters. The lowest BCUT2D eigenvalue weighted by Gasteiger charge is -2.33. The summed E-state index contributed by atoms with van der Waals surface area (Å²) in [5, 5.41) is 4.84. The molecular formula is C36H20BNO2. The van der Waals surface area contributed by atoms with Gasteiger partial charge in [0.25, 0.3) is 6.71 Å². The number of ether oxygens (including phenoxy) is 1. The first kappa shape index (κ1) is 20.7. The van der Waals surface area contributed by atoms with Crippen LogP contribution in [0.15, 0.2) is 126 Å². The van der Waals surface area contributed by atoms with Crippen molar-refractivity contribution in [2.24, 2.45) is 0 Å². The van der Waals surface area contributed by atoms with Gasteiger partial charge in [0.15, 0.2) is 0 Å². The van der Waals surface area contributed by atoms with E-state index in [9.17, 15) is 0 Å². The second-order valence-electron chi connectivity index (χ2n) is 10.9. The van der Waals surface area contributed by atoms with E-state index in [2.05, 4.69) is 114 Å². The van der Waals surface area contributed by atoms with Crippen LogP contribution in [0.2, 0.25) is 0 Å². The molecule has 0 bridgehead atoms. The van der Waals surface area contributed by atoms with Crippen LogP contribution < -0.4 is 21.1 Å². The zero-order chi connectivity index (χ0) is 25.9. The molecule has 0 amide bonds. The molecule has 0 saturated carbocycles. The van der Waals surface area contributed by atoms with E-state index in [1.165, 1.54) is 43.9 Å². The Morgan fingerprint density at radius 3 is 2.25 bits per heavy atom. The van der Waals surface area contributed by atoms with Crippen LogP contribution in [0, 0.1) is 0 Å². The third-order valence-electron chi connectivity index (χ3n) is 8.87. The molecule has 0 unspecified atom stereocenters. The number of nitrogens with zero attached hydrogens (tertiary/aromatic N) is 1. The summed E-state index contributed by atoms with van der Waals surface area (Å²) >= 11 is 0. The summed E-state index contributed by atoms with van der Waals surface area (Å²) in [6, 6.07) is 43.3. The molecule has 8 aromatic rings. The SMILES string of the molecule is c1ccc2c(c1)B1c3ccc(-c4ccc5c(c4)oc4ccccc45)cc3Oc3ccc4c5ccccc5n-2c4c31. The minimum absolute atomic E-state index is 0.113. The quantitative estimate of drug-likeness (QED) is 0.218. The lowest BCUT2D eigenvalue weighted by molar-refractivity contribution is 0.488. The molecule has 6 aromatic carbocycles. The predicted octanol–water partition coefficient (Wildman–Crippen LogP) is 7.29. The van der Waals surface area contributed by atoms with Crippen molar-refractivity contribution in [1.82, 2.24) is 4.57 Å². The van der Waals surface area contributed by atoms with Crippen LogP contribution in [0.5, 0.6) is 11.5 Å².